The van der Waals surface area contributed by atoms with Crippen LogP contribution in [0.5, 0.6) is 17.2 Å². The molecule has 8 heteroatoms. The molecule has 0 aliphatic carbocycles. The fourth-order valence-electron chi connectivity index (χ4n) is 2.45. The Morgan fingerprint density at radius 1 is 1.17 bits per heavy atom. The van der Waals surface area contributed by atoms with E-state index < -0.39 is 0 Å². The van der Waals surface area contributed by atoms with Crippen molar-refractivity contribution in [2.75, 3.05) is 32.2 Å². The number of hydrogen-bond acceptors (Lipinski definition) is 6. The van der Waals surface area contributed by atoms with Crippen molar-refractivity contribution in [3.05, 3.63) is 47.0 Å². The van der Waals surface area contributed by atoms with E-state index in [-0.39, 0.29) is 12.5 Å². The number of anilines is 1. The van der Waals surface area contributed by atoms with Crippen LogP contribution in [-0.4, -0.2) is 39.0 Å². The molecule has 0 radical (unpaired) electrons. The topological polar surface area (TPSA) is 81.2 Å². The summed E-state index contributed by atoms with van der Waals surface area (Å²) in [5.41, 5.74) is 3.88. The average molecular weight is 420 g/mol. The molecule has 29 heavy (non-hydrogen) atoms. The van der Waals surface area contributed by atoms with Crippen molar-refractivity contribution in [1.29, 1.82) is 0 Å². The van der Waals surface area contributed by atoms with E-state index in [0.29, 0.717) is 41.0 Å². The van der Waals surface area contributed by atoms with Gasteiger partial charge < -0.3 is 19.5 Å². The van der Waals surface area contributed by atoms with Gasteiger partial charge in [0.15, 0.2) is 11.5 Å². The SMILES string of the molecule is CCCOc1c(Cl)cc(/C=N/NC(=O)CNc2ccccc2OC)cc1OCC. The molecule has 7 nitrogen and oxygen atoms in total. The van der Waals surface area contributed by atoms with E-state index in [2.05, 4.69) is 15.8 Å². The summed E-state index contributed by atoms with van der Waals surface area (Å²) in [4.78, 5) is 12.0. The van der Waals surface area contributed by atoms with Crippen molar-refractivity contribution in [1.82, 2.24) is 5.43 Å². The molecule has 1 amide bonds. The van der Waals surface area contributed by atoms with Gasteiger partial charge in [-0.25, -0.2) is 5.43 Å². The van der Waals surface area contributed by atoms with Gasteiger partial charge in [-0.2, -0.15) is 5.10 Å². The highest BCUT2D eigenvalue weighted by Gasteiger charge is 2.12. The van der Waals surface area contributed by atoms with Crippen LogP contribution in [0.2, 0.25) is 5.02 Å². The van der Waals surface area contributed by atoms with Crippen molar-refractivity contribution >= 4 is 29.4 Å². The molecule has 0 unspecified atom stereocenters. The molecule has 2 rings (SSSR count). The van der Waals surface area contributed by atoms with Gasteiger partial charge in [0.2, 0.25) is 0 Å². The number of benzene rings is 2. The Balaban J connectivity index is 1.97. The number of methoxy groups -OCH3 is 1. The number of hydrazone groups is 1. The molecular formula is C21H26ClN3O4. The van der Waals surface area contributed by atoms with Crippen LogP contribution in [0.1, 0.15) is 25.8 Å². The number of para-hydroxylation sites is 2. The van der Waals surface area contributed by atoms with Crippen LogP contribution < -0.4 is 25.0 Å². The van der Waals surface area contributed by atoms with Crippen LogP contribution in [-0.2, 0) is 4.79 Å². The molecule has 2 N–H and O–H groups in total. The Morgan fingerprint density at radius 2 is 1.97 bits per heavy atom. The highest BCUT2D eigenvalue weighted by atomic mass is 35.5. The summed E-state index contributed by atoms with van der Waals surface area (Å²) in [5.74, 6) is 1.41. The summed E-state index contributed by atoms with van der Waals surface area (Å²) in [6, 6.07) is 10.8. The largest absolute Gasteiger partial charge is 0.495 e. The van der Waals surface area contributed by atoms with Crippen molar-refractivity contribution in [2.45, 2.75) is 20.3 Å². The third-order valence-electron chi connectivity index (χ3n) is 3.73. The van der Waals surface area contributed by atoms with E-state index in [4.69, 9.17) is 25.8 Å². The minimum Gasteiger partial charge on any atom is -0.495 e. The predicted octanol–water partition coefficient (Wildman–Crippen LogP) is 4.10. The minimum atomic E-state index is -0.300. The summed E-state index contributed by atoms with van der Waals surface area (Å²) in [7, 11) is 1.57. The quantitative estimate of drug-likeness (QED) is 0.423. The van der Waals surface area contributed by atoms with Gasteiger partial charge in [-0.3, -0.25) is 4.79 Å². The van der Waals surface area contributed by atoms with Crippen LogP contribution in [0.3, 0.4) is 0 Å². The first-order valence-electron chi connectivity index (χ1n) is 9.36. The molecular weight excluding hydrogens is 394 g/mol. The molecule has 0 fully saturated rings. The number of rotatable bonds is 11. The van der Waals surface area contributed by atoms with Gasteiger partial charge in [-0.15, -0.1) is 0 Å². The highest BCUT2D eigenvalue weighted by Crippen LogP contribution is 2.36. The fourth-order valence-corrected chi connectivity index (χ4v) is 2.73. The van der Waals surface area contributed by atoms with E-state index in [1.807, 2.05) is 38.1 Å². The zero-order valence-electron chi connectivity index (χ0n) is 16.8. The zero-order valence-corrected chi connectivity index (χ0v) is 17.6. The maximum absolute atomic E-state index is 12.0. The summed E-state index contributed by atoms with van der Waals surface area (Å²) in [6.07, 6.45) is 2.36. The first-order valence-corrected chi connectivity index (χ1v) is 9.74. The standard InChI is InChI=1S/C21H26ClN3O4/c1-4-10-29-21-16(22)11-15(12-19(21)28-5-2)13-24-25-20(26)14-23-17-8-6-7-9-18(17)27-3/h6-9,11-13,23H,4-5,10,14H2,1-3H3,(H,25,26)/b24-13+. The molecule has 156 valence electrons. The number of halogens is 1. The van der Waals surface area contributed by atoms with Gasteiger partial charge in [0.25, 0.3) is 5.91 Å². The van der Waals surface area contributed by atoms with Crippen molar-refractivity contribution in [2.24, 2.45) is 5.10 Å². The number of carbonyl (C=O) groups is 1. The van der Waals surface area contributed by atoms with Crippen LogP contribution >= 0.6 is 11.6 Å². The predicted molar refractivity (Wildman–Crippen MR) is 116 cm³/mol. The van der Waals surface area contributed by atoms with Gasteiger partial charge in [-0.05, 0) is 43.2 Å². The van der Waals surface area contributed by atoms with E-state index in [1.54, 1.807) is 19.2 Å². The number of nitrogens with zero attached hydrogens (tertiary/aromatic N) is 1. The Labute approximate surface area is 176 Å². The summed E-state index contributed by atoms with van der Waals surface area (Å²) >= 11 is 6.32. The van der Waals surface area contributed by atoms with E-state index in [0.717, 1.165) is 12.1 Å². The zero-order chi connectivity index (χ0) is 21.1. The van der Waals surface area contributed by atoms with Gasteiger partial charge >= 0.3 is 0 Å². The molecule has 0 spiro atoms. The second-order valence-corrected chi connectivity index (χ2v) is 6.37. The number of ether oxygens (including phenoxy) is 3. The number of carbonyl (C=O) groups excluding carboxylic acids is 1. The molecule has 2 aromatic rings. The first kappa shape index (κ1) is 22.4. The van der Waals surface area contributed by atoms with E-state index in [1.165, 1.54) is 6.21 Å². The summed E-state index contributed by atoms with van der Waals surface area (Å²) < 4.78 is 16.5. The smallest absolute Gasteiger partial charge is 0.259 e. The molecule has 0 aliphatic rings. The van der Waals surface area contributed by atoms with Gasteiger partial charge in [0.1, 0.15) is 5.75 Å². The molecule has 0 saturated carbocycles. The molecule has 2 aromatic carbocycles. The second-order valence-electron chi connectivity index (χ2n) is 5.96. The van der Waals surface area contributed by atoms with Crippen molar-refractivity contribution < 1.29 is 19.0 Å². The molecule has 0 atom stereocenters. The lowest BCUT2D eigenvalue weighted by Gasteiger charge is -2.13. The van der Waals surface area contributed by atoms with E-state index >= 15 is 0 Å². The monoisotopic (exact) mass is 419 g/mol. The van der Waals surface area contributed by atoms with Crippen LogP contribution in [0.15, 0.2) is 41.5 Å². The van der Waals surface area contributed by atoms with E-state index in [9.17, 15) is 4.79 Å². The van der Waals surface area contributed by atoms with Gasteiger partial charge in [-0.1, -0.05) is 30.7 Å². The minimum absolute atomic E-state index is 0.0481. The molecule has 0 heterocycles. The Kier molecular flexibility index (Phi) is 9.11. The second kappa shape index (κ2) is 11.8. The number of nitrogens with one attached hydrogen (secondary N) is 2. The number of hydrogen-bond donors (Lipinski definition) is 2. The highest BCUT2D eigenvalue weighted by molar-refractivity contribution is 6.32. The average Bonchev–Trinajstić information content (AvgIpc) is 2.72. The Morgan fingerprint density at radius 3 is 2.69 bits per heavy atom. The number of amides is 1. The third kappa shape index (κ3) is 6.87. The normalized spacial score (nSPS) is 10.6. The van der Waals surface area contributed by atoms with Crippen LogP contribution in [0.4, 0.5) is 5.69 Å². The molecule has 0 aliphatic heterocycles. The maximum atomic E-state index is 12.0. The maximum Gasteiger partial charge on any atom is 0.259 e. The third-order valence-corrected chi connectivity index (χ3v) is 4.01. The fraction of sp³-hybridized carbons (Fsp3) is 0.333. The van der Waals surface area contributed by atoms with Crippen molar-refractivity contribution in [3.8, 4) is 17.2 Å². The Bertz CT molecular complexity index is 843. The van der Waals surface area contributed by atoms with Gasteiger partial charge in [0.05, 0.1) is 43.8 Å². The lowest BCUT2D eigenvalue weighted by Crippen LogP contribution is -2.26. The lowest BCUT2D eigenvalue weighted by atomic mass is 10.2. The molecule has 0 aromatic heterocycles. The first-order chi connectivity index (χ1) is 14.1. The summed E-state index contributed by atoms with van der Waals surface area (Å²) in [5, 5.41) is 7.41. The molecule has 0 saturated heterocycles. The van der Waals surface area contributed by atoms with Crippen LogP contribution in [0.25, 0.3) is 0 Å². The lowest BCUT2D eigenvalue weighted by molar-refractivity contribution is -0.119. The van der Waals surface area contributed by atoms with Crippen LogP contribution in [0, 0.1) is 0 Å². The van der Waals surface area contributed by atoms with Crippen molar-refractivity contribution in [3.63, 3.8) is 0 Å². The molecule has 0 bridgehead atoms. The summed E-state index contributed by atoms with van der Waals surface area (Å²) in [6.45, 7) is 4.97. The van der Waals surface area contributed by atoms with Gasteiger partial charge in [0, 0.05) is 0 Å². The Hall–Kier alpha value is -2.93.